The first-order chi connectivity index (χ1) is 17.0. The number of aromatic nitrogens is 5. The van der Waals surface area contributed by atoms with E-state index in [1.165, 1.54) is 12.4 Å². The molecule has 1 aromatic carbocycles. The van der Waals surface area contributed by atoms with Crippen LogP contribution in [0.3, 0.4) is 0 Å². The van der Waals surface area contributed by atoms with Crippen molar-refractivity contribution < 1.29 is 13.2 Å². The fourth-order valence-electron chi connectivity index (χ4n) is 5.97. The van der Waals surface area contributed by atoms with E-state index in [9.17, 15) is 13.2 Å². The third kappa shape index (κ3) is 4.11. The van der Waals surface area contributed by atoms with Crippen LogP contribution in [0.2, 0.25) is 5.15 Å². The summed E-state index contributed by atoms with van der Waals surface area (Å²) < 4.78 is 44.0. The van der Waals surface area contributed by atoms with Crippen LogP contribution in [0.25, 0.3) is 0 Å². The molecule has 0 amide bonds. The lowest BCUT2D eigenvalue weighted by molar-refractivity contribution is 0.374. The summed E-state index contributed by atoms with van der Waals surface area (Å²) in [5.74, 6) is -1.52. The molecular weight excluding hydrogens is 479 g/mol. The molecule has 4 atom stereocenters. The molecule has 7 nitrogen and oxygen atoms in total. The van der Waals surface area contributed by atoms with E-state index in [-0.39, 0.29) is 11.6 Å². The first-order valence-corrected chi connectivity index (χ1v) is 12.4. The van der Waals surface area contributed by atoms with Crippen LogP contribution in [0.1, 0.15) is 49.4 Å². The van der Waals surface area contributed by atoms with Gasteiger partial charge in [-0.3, -0.25) is 0 Å². The highest BCUT2D eigenvalue weighted by atomic mass is 35.5. The Bertz CT molecular complexity index is 1240. The van der Waals surface area contributed by atoms with Crippen LogP contribution < -0.4 is 10.2 Å². The minimum absolute atomic E-state index is 0.128. The van der Waals surface area contributed by atoms with Crippen LogP contribution in [0.4, 0.5) is 24.9 Å². The van der Waals surface area contributed by atoms with Crippen LogP contribution >= 0.6 is 11.6 Å². The summed E-state index contributed by atoms with van der Waals surface area (Å²) >= 11 is 6.06. The predicted molar refractivity (Wildman–Crippen MR) is 125 cm³/mol. The minimum Gasteiger partial charge on any atom is -0.356 e. The van der Waals surface area contributed by atoms with Crippen molar-refractivity contribution in [2.75, 3.05) is 23.3 Å². The average molecular weight is 504 g/mol. The van der Waals surface area contributed by atoms with E-state index in [0.29, 0.717) is 41.7 Å². The Hall–Kier alpha value is -2.88. The van der Waals surface area contributed by atoms with Gasteiger partial charge in [-0.1, -0.05) is 24.1 Å². The molecule has 0 spiro atoms. The lowest BCUT2D eigenvalue weighted by Crippen LogP contribution is -2.48. The Kier molecular flexibility index (Phi) is 5.78. The fraction of sp³-hybridized carbons (Fsp3) is 0.500. The van der Waals surface area contributed by atoms with Gasteiger partial charge in [0.2, 0.25) is 5.95 Å². The number of benzene rings is 1. The maximum absolute atomic E-state index is 14.7. The lowest BCUT2D eigenvalue weighted by Gasteiger charge is -2.38. The number of piperidine rings is 1. The minimum atomic E-state index is -1.44. The van der Waals surface area contributed by atoms with E-state index in [1.807, 2.05) is 0 Å². The van der Waals surface area contributed by atoms with Crippen molar-refractivity contribution >= 4 is 23.4 Å². The molecule has 3 aliphatic rings. The SMILES string of the molecule is Fc1ccc([C@H]2CCCCn3nc(NC4[C@@H]5CC[C@H]4CN(c4cc(Cl)ncn4)C5)nc32)c(F)c1F. The molecule has 11 heteroatoms. The number of nitrogens with one attached hydrogen (secondary N) is 1. The van der Waals surface area contributed by atoms with Crippen LogP contribution in [-0.4, -0.2) is 43.9 Å². The van der Waals surface area contributed by atoms with Gasteiger partial charge in [-0.25, -0.2) is 27.8 Å². The summed E-state index contributed by atoms with van der Waals surface area (Å²) in [6, 6.07) is 4.31. The summed E-state index contributed by atoms with van der Waals surface area (Å²) in [5, 5.41) is 8.67. The quantitative estimate of drug-likeness (QED) is 0.408. The van der Waals surface area contributed by atoms with Crippen molar-refractivity contribution in [1.29, 1.82) is 0 Å². The number of halogens is 4. The summed E-state index contributed by atoms with van der Waals surface area (Å²) in [6.45, 7) is 2.35. The number of hydrogen-bond acceptors (Lipinski definition) is 6. The smallest absolute Gasteiger partial charge is 0.242 e. The number of nitrogens with zero attached hydrogens (tertiary/aromatic N) is 6. The first-order valence-electron chi connectivity index (χ1n) is 12.0. The van der Waals surface area contributed by atoms with Crippen molar-refractivity contribution in [2.45, 2.75) is 50.6 Å². The molecule has 2 bridgehead atoms. The highest BCUT2D eigenvalue weighted by molar-refractivity contribution is 6.29. The molecule has 1 aliphatic carbocycles. The number of hydrogen-bond donors (Lipinski definition) is 1. The molecule has 0 radical (unpaired) electrons. The van der Waals surface area contributed by atoms with Gasteiger partial charge in [-0.2, -0.15) is 4.98 Å². The Morgan fingerprint density at radius 1 is 0.971 bits per heavy atom. The number of rotatable bonds is 4. The van der Waals surface area contributed by atoms with Gasteiger partial charge in [-0.15, -0.1) is 5.10 Å². The zero-order valence-electron chi connectivity index (χ0n) is 19.0. The summed E-state index contributed by atoms with van der Waals surface area (Å²) in [4.78, 5) is 15.4. The fourth-order valence-corrected chi connectivity index (χ4v) is 6.11. The predicted octanol–water partition coefficient (Wildman–Crippen LogP) is 4.78. The van der Waals surface area contributed by atoms with E-state index in [0.717, 1.165) is 50.7 Å². The van der Waals surface area contributed by atoms with Crippen molar-refractivity contribution in [1.82, 2.24) is 24.7 Å². The Labute approximate surface area is 205 Å². The summed E-state index contributed by atoms with van der Waals surface area (Å²) in [5.41, 5.74) is 0.128. The van der Waals surface area contributed by atoms with Crippen molar-refractivity contribution in [3.63, 3.8) is 0 Å². The van der Waals surface area contributed by atoms with Gasteiger partial charge in [0.25, 0.3) is 0 Å². The number of anilines is 2. The van der Waals surface area contributed by atoms with E-state index in [4.69, 9.17) is 16.6 Å². The van der Waals surface area contributed by atoms with Gasteiger partial charge in [0.15, 0.2) is 17.5 Å². The highest BCUT2D eigenvalue weighted by Gasteiger charge is 2.43. The average Bonchev–Trinajstić information content (AvgIpc) is 3.25. The van der Waals surface area contributed by atoms with Crippen LogP contribution in [-0.2, 0) is 6.54 Å². The number of fused-ring (bicyclic) bond motifs is 3. The molecule has 4 heterocycles. The molecule has 35 heavy (non-hydrogen) atoms. The number of aryl methyl sites for hydroxylation is 1. The van der Waals surface area contributed by atoms with Gasteiger partial charge in [0, 0.05) is 43.2 Å². The molecule has 184 valence electrons. The van der Waals surface area contributed by atoms with Crippen molar-refractivity contribution in [2.24, 2.45) is 11.8 Å². The zero-order valence-corrected chi connectivity index (χ0v) is 19.7. The molecule has 2 aliphatic heterocycles. The molecule has 2 aromatic heterocycles. The topological polar surface area (TPSA) is 71.8 Å². The Morgan fingerprint density at radius 3 is 2.54 bits per heavy atom. The van der Waals surface area contributed by atoms with E-state index >= 15 is 0 Å². The first kappa shape index (κ1) is 22.6. The lowest BCUT2D eigenvalue weighted by atomic mass is 9.92. The highest BCUT2D eigenvalue weighted by Crippen LogP contribution is 2.40. The third-order valence-corrected chi connectivity index (χ3v) is 7.84. The Morgan fingerprint density at radius 2 is 1.77 bits per heavy atom. The van der Waals surface area contributed by atoms with Crippen LogP contribution in [0, 0.1) is 29.3 Å². The van der Waals surface area contributed by atoms with Gasteiger partial charge in [-0.05, 0) is 43.6 Å². The third-order valence-electron chi connectivity index (χ3n) is 7.64. The van der Waals surface area contributed by atoms with Crippen molar-refractivity contribution in [3.8, 4) is 0 Å². The Balaban J connectivity index is 1.24. The van der Waals surface area contributed by atoms with Gasteiger partial charge < -0.3 is 10.2 Å². The molecule has 1 N–H and O–H groups in total. The standard InChI is InChI=1S/C24H25ClF3N7/c25-18-9-19(30-12-29-18)34-10-13-4-5-14(11-34)22(13)31-24-32-23-16(3-1-2-8-35(23)33-24)15-6-7-17(26)21(28)20(15)27/h6-7,9,12-14,16,22H,1-5,8,10-11H2,(H,31,33)/t13-,14+,16-,22?/m1/s1. The maximum Gasteiger partial charge on any atom is 0.242 e. The zero-order chi connectivity index (χ0) is 24.1. The largest absolute Gasteiger partial charge is 0.356 e. The molecule has 1 unspecified atom stereocenters. The van der Waals surface area contributed by atoms with E-state index in [1.54, 1.807) is 10.7 Å². The second kappa shape index (κ2) is 8.96. The molecular formula is C24H25ClF3N7. The summed E-state index contributed by atoms with van der Waals surface area (Å²) in [7, 11) is 0. The molecule has 2 fully saturated rings. The second-order valence-corrected chi connectivity index (χ2v) is 10.1. The maximum atomic E-state index is 14.7. The van der Waals surface area contributed by atoms with Gasteiger partial charge >= 0.3 is 0 Å². The molecule has 6 rings (SSSR count). The van der Waals surface area contributed by atoms with Crippen molar-refractivity contribution in [3.05, 3.63) is 58.5 Å². The monoisotopic (exact) mass is 503 g/mol. The second-order valence-electron chi connectivity index (χ2n) is 9.70. The van der Waals surface area contributed by atoms with Crippen LogP contribution in [0.5, 0.6) is 0 Å². The molecule has 3 aromatic rings. The van der Waals surface area contributed by atoms with Crippen LogP contribution in [0.15, 0.2) is 24.5 Å². The normalized spacial score (nSPS) is 25.9. The van der Waals surface area contributed by atoms with E-state index in [2.05, 4.69) is 25.3 Å². The summed E-state index contributed by atoms with van der Waals surface area (Å²) in [6.07, 6.45) is 5.96. The molecule has 1 saturated carbocycles. The van der Waals surface area contributed by atoms with E-state index < -0.39 is 23.4 Å². The van der Waals surface area contributed by atoms with Gasteiger partial charge in [0.1, 0.15) is 23.1 Å². The van der Waals surface area contributed by atoms with Gasteiger partial charge in [0.05, 0.1) is 0 Å². The molecule has 1 saturated heterocycles.